The zero-order chi connectivity index (χ0) is 32.3. The molecule has 0 saturated heterocycles. The number of sulfonamides is 1. The third kappa shape index (κ3) is 4.72. The molecule has 7 rings (SSSR count). The fourth-order valence-electron chi connectivity index (χ4n) is 5.67. The molecule has 6 aromatic rings. The van der Waals surface area contributed by atoms with Gasteiger partial charge in [-0.1, -0.05) is 6.07 Å². The van der Waals surface area contributed by atoms with Gasteiger partial charge in [0.1, 0.15) is 28.6 Å². The van der Waals surface area contributed by atoms with Crippen molar-refractivity contribution in [3.05, 3.63) is 89.7 Å². The van der Waals surface area contributed by atoms with Gasteiger partial charge in [-0.3, -0.25) is 9.52 Å². The summed E-state index contributed by atoms with van der Waals surface area (Å²) in [6, 6.07) is 18.7. The minimum Gasteiger partial charge on any atom is -0.478 e. The summed E-state index contributed by atoms with van der Waals surface area (Å²) in [5, 5.41) is 13.3. The molecule has 1 aliphatic rings. The Bertz CT molecular complexity index is 2340. The molecule has 0 radical (unpaired) electrons. The van der Waals surface area contributed by atoms with Crippen LogP contribution in [0.1, 0.15) is 27.6 Å². The van der Waals surface area contributed by atoms with Crippen LogP contribution in [0, 0.1) is 5.82 Å². The van der Waals surface area contributed by atoms with Crippen molar-refractivity contribution >= 4 is 49.5 Å². The largest absolute Gasteiger partial charge is 0.478 e. The number of carboxylic acids is 1. The lowest BCUT2D eigenvalue weighted by Gasteiger charge is -2.21. The molecule has 0 saturated carbocycles. The van der Waals surface area contributed by atoms with Crippen LogP contribution in [0.2, 0.25) is 0 Å². The Balaban J connectivity index is 1.47. The molecule has 46 heavy (non-hydrogen) atoms. The van der Waals surface area contributed by atoms with E-state index in [2.05, 4.69) is 10.0 Å². The first-order valence-corrected chi connectivity index (χ1v) is 15.8. The molecule has 13 heteroatoms. The smallest absolute Gasteiger partial charge is 0.336 e. The zero-order valence-corrected chi connectivity index (χ0v) is 25.2. The Morgan fingerprint density at radius 1 is 1.04 bits per heavy atom. The van der Waals surface area contributed by atoms with Gasteiger partial charge in [0.05, 0.1) is 39.5 Å². The van der Waals surface area contributed by atoms with Gasteiger partial charge in [0.25, 0.3) is 5.91 Å². The highest BCUT2D eigenvalue weighted by Crippen LogP contribution is 2.43. The van der Waals surface area contributed by atoms with Gasteiger partial charge in [0.15, 0.2) is 6.73 Å². The standard InChI is InChI=1S/C33H25FN4O7S/c1-3-46(42,43)37-24-15-28-22(29(32(39)35-2)31(45-28)17-7-9-18(34)10-8-17)13-21(24)23-11-12-27-30(36-23)26-14-20-19(33(40)41)5-4-6-25(20)38(26)16-44-27/h4-15,37H,3,16H2,1-2H3,(H,35,39)(H,40,41). The maximum Gasteiger partial charge on any atom is 0.336 e. The summed E-state index contributed by atoms with van der Waals surface area (Å²) in [7, 11) is -2.30. The lowest BCUT2D eigenvalue weighted by Crippen LogP contribution is -2.18. The predicted octanol–water partition coefficient (Wildman–Crippen LogP) is 6.09. The predicted molar refractivity (Wildman–Crippen MR) is 170 cm³/mol. The molecule has 0 unspecified atom stereocenters. The molecule has 1 amide bonds. The second-order valence-corrected chi connectivity index (χ2v) is 12.6. The first kappa shape index (κ1) is 29.0. The number of hydrogen-bond acceptors (Lipinski definition) is 7. The van der Waals surface area contributed by atoms with Crippen LogP contribution in [0.4, 0.5) is 10.1 Å². The second-order valence-electron chi connectivity index (χ2n) is 10.6. The van der Waals surface area contributed by atoms with E-state index in [1.165, 1.54) is 50.4 Å². The van der Waals surface area contributed by atoms with Crippen LogP contribution in [0.15, 0.2) is 77.2 Å². The van der Waals surface area contributed by atoms with Gasteiger partial charge >= 0.3 is 5.97 Å². The molecule has 232 valence electrons. The normalized spacial score (nSPS) is 12.4. The molecule has 0 fully saturated rings. The van der Waals surface area contributed by atoms with Crippen LogP contribution >= 0.6 is 0 Å². The first-order valence-electron chi connectivity index (χ1n) is 14.2. The third-order valence-electron chi connectivity index (χ3n) is 7.94. The molecule has 11 nitrogen and oxygen atoms in total. The van der Waals surface area contributed by atoms with Crippen molar-refractivity contribution < 1.29 is 36.7 Å². The molecule has 0 aliphatic carbocycles. The lowest BCUT2D eigenvalue weighted by atomic mass is 10.0. The van der Waals surface area contributed by atoms with Gasteiger partial charge in [0, 0.05) is 35.0 Å². The van der Waals surface area contributed by atoms with Crippen LogP contribution in [0.5, 0.6) is 5.75 Å². The van der Waals surface area contributed by atoms with Gasteiger partial charge < -0.3 is 24.1 Å². The van der Waals surface area contributed by atoms with Crippen LogP contribution in [0.3, 0.4) is 0 Å². The average Bonchev–Trinajstić information content (AvgIpc) is 3.62. The van der Waals surface area contributed by atoms with Crippen molar-refractivity contribution in [3.63, 3.8) is 0 Å². The van der Waals surface area contributed by atoms with Crippen molar-refractivity contribution in [1.29, 1.82) is 0 Å². The number of aromatic carboxylic acids is 1. The van der Waals surface area contributed by atoms with Gasteiger partial charge in [0.2, 0.25) is 10.0 Å². The van der Waals surface area contributed by atoms with Crippen LogP contribution < -0.4 is 14.8 Å². The molecule has 3 N–H and O–H groups in total. The van der Waals surface area contributed by atoms with Crippen molar-refractivity contribution in [2.45, 2.75) is 13.7 Å². The van der Waals surface area contributed by atoms with E-state index in [0.29, 0.717) is 50.2 Å². The lowest BCUT2D eigenvalue weighted by molar-refractivity contribution is 0.0698. The average molecular weight is 641 g/mol. The number of rotatable bonds is 7. The highest BCUT2D eigenvalue weighted by atomic mass is 32.2. The Morgan fingerprint density at radius 3 is 2.54 bits per heavy atom. The Kier molecular flexibility index (Phi) is 6.78. The van der Waals surface area contributed by atoms with E-state index < -0.39 is 27.7 Å². The summed E-state index contributed by atoms with van der Waals surface area (Å²) in [5.74, 6) is -1.55. The number of amides is 1. The SMILES string of the molecule is CCS(=O)(=O)Nc1cc2oc(-c3ccc(F)cc3)c(C(=O)NC)c2cc1-c1ccc2c(n1)-c1cc3c(C(=O)O)cccc3n1CO2. The number of carboxylic acid groups (broad SMARTS) is 1. The first-order chi connectivity index (χ1) is 22.1. The van der Waals surface area contributed by atoms with Crippen molar-refractivity contribution in [3.8, 4) is 39.7 Å². The number of carbonyl (C=O) groups excluding carboxylic acids is 1. The number of hydrogen-bond donors (Lipinski definition) is 3. The molecule has 0 bridgehead atoms. The topological polar surface area (TPSA) is 153 Å². The maximum atomic E-state index is 13.7. The summed E-state index contributed by atoms with van der Waals surface area (Å²) in [5.41, 5.74) is 3.55. The van der Waals surface area contributed by atoms with E-state index in [1.807, 2.05) is 4.57 Å². The zero-order valence-electron chi connectivity index (χ0n) is 24.4. The molecule has 0 spiro atoms. The number of halogens is 1. The van der Waals surface area contributed by atoms with Gasteiger partial charge in [-0.25, -0.2) is 22.6 Å². The minimum atomic E-state index is -3.77. The molecule has 1 aliphatic heterocycles. The number of furan rings is 1. The third-order valence-corrected chi connectivity index (χ3v) is 9.23. The van der Waals surface area contributed by atoms with Gasteiger partial charge in [-0.05, 0) is 67.6 Å². The Morgan fingerprint density at radius 2 is 1.83 bits per heavy atom. The van der Waals surface area contributed by atoms with Crippen molar-refractivity contribution in [1.82, 2.24) is 14.9 Å². The summed E-state index contributed by atoms with van der Waals surface area (Å²) < 4.78 is 55.9. The van der Waals surface area contributed by atoms with Gasteiger partial charge in [-0.2, -0.15) is 0 Å². The number of ether oxygens (including phenoxy) is 1. The van der Waals surface area contributed by atoms with Crippen molar-refractivity contribution in [2.24, 2.45) is 0 Å². The second kappa shape index (κ2) is 10.7. The van der Waals surface area contributed by atoms with Gasteiger partial charge in [-0.15, -0.1) is 0 Å². The number of nitrogens with zero attached hydrogens (tertiary/aromatic N) is 2. The molecule has 3 aromatic heterocycles. The fourth-order valence-corrected chi connectivity index (χ4v) is 6.32. The van der Waals surface area contributed by atoms with Crippen molar-refractivity contribution in [2.75, 3.05) is 17.5 Å². The molecule has 4 heterocycles. The van der Waals surface area contributed by atoms with E-state index in [0.717, 1.165) is 0 Å². The summed E-state index contributed by atoms with van der Waals surface area (Å²) >= 11 is 0. The Hall–Kier alpha value is -5.69. The number of benzene rings is 3. The van der Waals surface area contributed by atoms with E-state index in [9.17, 15) is 27.5 Å². The van der Waals surface area contributed by atoms with Crippen LogP contribution in [-0.4, -0.2) is 47.8 Å². The number of nitrogens with one attached hydrogen (secondary N) is 2. The van der Waals surface area contributed by atoms with Crippen LogP contribution in [-0.2, 0) is 16.8 Å². The molecule has 3 aromatic carbocycles. The van der Waals surface area contributed by atoms with E-state index in [-0.39, 0.29) is 40.6 Å². The fraction of sp³-hybridized carbons (Fsp3) is 0.121. The molecule has 0 atom stereocenters. The number of anilines is 1. The number of fused-ring (bicyclic) bond motifs is 6. The van der Waals surface area contributed by atoms with E-state index >= 15 is 0 Å². The monoisotopic (exact) mass is 640 g/mol. The molecular formula is C33H25FN4O7S. The summed E-state index contributed by atoms with van der Waals surface area (Å²) in [6.45, 7) is 1.64. The van der Waals surface area contributed by atoms with Crippen LogP contribution in [0.25, 0.3) is 55.8 Å². The highest BCUT2D eigenvalue weighted by molar-refractivity contribution is 7.92. The Labute approximate surface area is 261 Å². The number of aromatic nitrogens is 2. The summed E-state index contributed by atoms with van der Waals surface area (Å²) in [4.78, 5) is 30.0. The quantitative estimate of drug-likeness (QED) is 0.190. The minimum absolute atomic E-state index is 0.137. The molecular weight excluding hydrogens is 615 g/mol. The number of pyridine rings is 1. The maximum absolute atomic E-state index is 13.7. The number of carbonyl (C=O) groups is 2. The highest BCUT2D eigenvalue weighted by Gasteiger charge is 2.27. The van der Waals surface area contributed by atoms with E-state index in [4.69, 9.17) is 14.1 Å². The van der Waals surface area contributed by atoms with E-state index in [1.54, 1.807) is 36.4 Å². The summed E-state index contributed by atoms with van der Waals surface area (Å²) in [6.07, 6.45) is 0.